The van der Waals surface area contributed by atoms with Crippen molar-refractivity contribution in [2.24, 2.45) is 0 Å². The van der Waals surface area contributed by atoms with Gasteiger partial charge in [-0.15, -0.1) is 11.3 Å². The van der Waals surface area contributed by atoms with Crippen LogP contribution in [0.15, 0.2) is 41.8 Å². The zero-order valence-corrected chi connectivity index (χ0v) is 19.4. The van der Waals surface area contributed by atoms with Crippen LogP contribution in [0.4, 0.5) is 5.82 Å². The van der Waals surface area contributed by atoms with Crippen LogP contribution in [0.1, 0.15) is 33.7 Å². The Hall–Kier alpha value is -3.26. The van der Waals surface area contributed by atoms with Gasteiger partial charge >= 0.3 is 0 Å². The minimum atomic E-state index is 0.116. The maximum absolute atomic E-state index is 12.7. The second kappa shape index (κ2) is 8.35. The van der Waals surface area contributed by atoms with E-state index >= 15 is 0 Å². The number of piperazine rings is 1. The minimum Gasteiger partial charge on any atom is -0.352 e. The largest absolute Gasteiger partial charge is 0.352 e. The molecule has 164 valence electrons. The summed E-state index contributed by atoms with van der Waals surface area (Å²) >= 11 is 1.50. The standard InChI is InChI=1S/C24H26N6OS/c1-4-20-25-22(28-11-13-29(14-12-28)24(31)19-6-5-15-32-19)21-17(3)27-30(23(21)26-20)18-9-7-16(2)8-10-18/h5-10,15H,4,11-14H2,1-3H3. The van der Waals surface area contributed by atoms with Crippen molar-refractivity contribution in [1.29, 1.82) is 0 Å². The summed E-state index contributed by atoms with van der Waals surface area (Å²) < 4.78 is 1.92. The van der Waals surface area contributed by atoms with Crippen molar-refractivity contribution >= 4 is 34.1 Å². The Morgan fingerprint density at radius 3 is 2.44 bits per heavy atom. The molecule has 4 heterocycles. The van der Waals surface area contributed by atoms with Crippen LogP contribution in [-0.2, 0) is 6.42 Å². The number of amides is 1. The number of benzene rings is 1. The Balaban J connectivity index is 1.49. The Labute approximate surface area is 191 Å². The molecule has 0 atom stereocenters. The van der Waals surface area contributed by atoms with Crippen LogP contribution in [0.25, 0.3) is 16.7 Å². The van der Waals surface area contributed by atoms with Gasteiger partial charge in [-0.05, 0) is 37.4 Å². The normalized spacial score (nSPS) is 14.3. The number of fused-ring (bicyclic) bond motifs is 1. The highest BCUT2D eigenvalue weighted by Crippen LogP contribution is 2.30. The lowest BCUT2D eigenvalue weighted by Gasteiger charge is -2.35. The van der Waals surface area contributed by atoms with E-state index in [1.54, 1.807) is 0 Å². The monoisotopic (exact) mass is 446 g/mol. The number of nitrogens with zero attached hydrogens (tertiary/aromatic N) is 6. The van der Waals surface area contributed by atoms with Crippen molar-refractivity contribution in [3.05, 3.63) is 63.7 Å². The Kier molecular flexibility index (Phi) is 5.38. The fourth-order valence-corrected chi connectivity index (χ4v) is 4.83. The van der Waals surface area contributed by atoms with Gasteiger partial charge in [0.2, 0.25) is 0 Å². The third kappa shape index (κ3) is 3.64. The molecule has 0 spiro atoms. The number of hydrogen-bond acceptors (Lipinski definition) is 6. The fourth-order valence-electron chi connectivity index (χ4n) is 4.14. The fraction of sp³-hybridized carbons (Fsp3) is 0.333. The molecule has 8 heteroatoms. The summed E-state index contributed by atoms with van der Waals surface area (Å²) in [5, 5.41) is 7.76. The number of aromatic nitrogens is 4. The number of hydrogen-bond donors (Lipinski definition) is 0. The van der Waals surface area contributed by atoms with E-state index in [2.05, 4.69) is 43.0 Å². The maximum atomic E-state index is 12.7. The topological polar surface area (TPSA) is 67.2 Å². The molecule has 7 nitrogen and oxygen atoms in total. The summed E-state index contributed by atoms with van der Waals surface area (Å²) in [6.45, 7) is 8.99. The van der Waals surface area contributed by atoms with Crippen LogP contribution >= 0.6 is 11.3 Å². The molecule has 3 aromatic heterocycles. The molecule has 0 bridgehead atoms. The van der Waals surface area contributed by atoms with E-state index in [-0.39, 0.29) is 5.91 Å². The van der Waals surface area contributed by atoms with Crippen molar-refractivity contribution < 1.29 is 4.79 Å². The average molecular weight is 447 g/mol. The van der Waals surface area contributed by atoms with Crippen molar-refractivity contribution in [3.63, 3.8) is 0 Å². The summed E-state index contributed by atoms with van der Waals surface area (Å²) in [5.41, 5.74) is 3.95. The summed E-state index contributed by atoms with van der Waals surface area (Å²) in [7, 11) is 0. The molecule has 1 aliphatic heterocycles. The highest BCUT2D eigenvalue weighted by molar-refractivity contribution is 7.12. The van der Waals surface area contributed by atoms with Crippen LogP contribution in [-0.4, -0.2) is 56.7 Å². The highest BCUT2D eigenvalue weighted by Gasteiger charge is 2.27. The molecule has 5 rings (SSSR count). The predicted octanol–water partition coefficient (Wildman–Crippen LogP) is 4.02. The van der Waals surface area contributed by atoms with Crippen LogP contribution in [0, 0.1) is 13.8 Å². The Morgan fingerprint density at radius 1 is 1.03 bits per heavy atom. The van der Waals surface area contributed by atoms with Crippen LogP contribution in [0.5, 0.6) is 0 Å². The number of rotatable bonds is 4. The van der Waals surface area contributed by atoms with Gasteiger partial charge in [0.05, 0.1) is 21.6 Å². The molecule has 0 saturated carbocycles. The van der Waals surface area contributed by atoms with Gasteiger partial charge in [-0.2, -0.15) is 5.10 Å². The number of anilines is 1. The smallest absolute Gasteiger partial charge is 0.264 e. The van der Waals surface area contributed by atoms with Crippen LogP contribution in [0.3, 0.4) is 0 Å². The van der Waals surface area contributed by atoms with E-state index < -0.39 is 0 Å². The zero-order valence-electron chi connectivity index (χ0n) is 18.6. The summed E-state index contributed by atoms with van der Waals surface area (Å²) in [5.74, 6) is 1.84. The lowest BCUT2D eigenvalue weighted by molar-refractivity contribution is 0.0751. The van der Waals surface area contributed by atoms with E-state index in [9.17, 15) is 4.79 Å². The lowest BCUT2D eigenvalue weighted by Crippen LogP contribution is -2.49. The minimum absolute atomic E-state index is 0.116. The van der Waals surface area contributed by atoms with Crippen molar-refractivity contribution in [1.82, 2.24) is 24.6 Å². The first-order valence-corrected chi connectivity index (χ1v) is 11.8. The molecule has 0 N–H and O–H groups in total. The molecule has 1 aliphatic rings. The van der Waals surface area contributed by atoms with Crippen molar-refractivity contribution in [2.45, 2.75) is 27.2 Å². The molecule has 0 aliphatic carbocycles. The van der Waals surface area contributed by atoms with E-state index in [0.717, 1.165) is 58.4 Å². The van der Waals surface area contributed by atoms with Gasteiger partial charge in [0, 0.05) is 32.6 Å². The molecular weight excluding hydrogens is 420 g/mol. The van der Waals surface area contributed by atoms with Gasteiger partial charge in [-0.1, -0.05) is 30.7 Å². The van der Waals surface area contributed by atoms with Crippen LogP contribution < -0.4 is 4.90 Å². The molecule has 4 aromatic rings. The SMILES string of the molecule is CCc1nc(N2CCN(C(=O)c3cccs3)CC2)c2c(C)nn(-c3ccc(C)cc3)c2n1. The predicted molar refractivity (Wildman–Crippen MR) is 128 cm³/mol. The van der Waals surface area contributed by atoms with Gasteiger partial charge in [-0.3, -0.25) is 4.79 Å². The Morgan fingerprint density at radius 2 is 1.78 bits per heavy atom. The summed E-state index contributed by atoms with van der Waals surface area (Å²) in [6.07, 6.45) is 0.748. The molecule has 32 heavy (non-hydrogen) atoms. The van der Waals surface area contributed by atoms with E-state index in [4.69, 9.17) is 15.1 Å². The number of carbonyl (C=O) groups excluding carboxylic acids is 1. The number of carbonyl (C=O) groups is 1. The van der Waals surface area contributed by atoms with Gasteiger partial charge in [0.25, 0.3) is 5.91 Å². The van der Waals surface area contributed by atoms with Crippen molar-refractivity contribution in [3.8, 4) is 5.69 Å². The van der Waals surface area contributed by atoms with E-state index in [1.165, 1.54) is 16.9 Å². The van der Waals surface area contributed by atoms with Crippen LogP contribution in [0.2, 0.25) is 0 Å². The molecular formula is C24H26N6OS. The molecule has 0 radical (unpaired) electrons. The first kappa shape index (κ1) is 20.6. The maximum Gasteiger partial charge on any atom is 0.264 e. The van der Waals surface area contributed by atoms with E-state index in [0.29, 0.717) is 13.1 Å². The quantitative estimate of drug-likeness (QED) is 0.474. The molecule has 1 fully saturated rings. The number of thiophene rings is 1. The van der Waals surface area contributed by atoms with Crippen molar-refractivity contribution in [2.75, 3.05) is 31.1 Å². The average Bonchev–Trinajstić information content (AvgIpc) is 3.47. The highest BCUT2D eigenvalue weighted by atomic mass is 32.1. The third-order valence-electron chi connectivity index (χ3n) is 5.92. The molecule has 1 aromatic carbocycles. The Bertz CT molecular complexity index is 1250. The zero-order chi connectivity index (χ0) is 22.2. The first-order chi connectivity index (χ1) is 15.5. The molecule has 1 saturated heterocycles. The number of aryl methyl sites for hydroxylation is 3. The van der Waals surface area contributed by atoms with Gasteiger partial charge in [-0.25, -0.2) is 14.6 Å². The summed E-state index contributed by atoms with van der Waals surface area (Å²) in [6, 6.07) is 12.1. The first-order valence-electron chi connectivity index (χ1n) is 11.0. The second-order valence-electron chi connectivity index (χ2n) is 8.10. The van der Waals surface area contributed by atoms with Gasteiger partial charge in [0.1, 0.15) is 11.6 Å². The lowest BCUT2D eigenvalue weighted by atomic mass is 10.2. The van der Waals surface area contributed by atoms with Gasteiger partial charge in [0.15, 0.2) is 5.65 Å². The van der Waals surface area contributed by atoms with E-state index in [1.807, 2.05) is 34.0 Å². The summed E-state index contributed by atoms with van der Waals surface area (Å²) in [4.78, 5) is 27.5. The molecule has 1 amide bonds. The molecule has 0 unspecified atom stereocenters. The third-order valence-corrected chi connectivity index (χ3v) is 6.78. The van der Waals surface area contributed by atoms with Gasteiger partial charge < -0.3 is 9.80 Å². The second-order valence-corrected chi connectivity index (χ2v) is 9.05.